The van der Waals surface area contributed by atoms with E-state index in [4.69, 9.17) is 9.72 Å². The van der Waals surface area contributed by atoms with Crippen molar-refractivity contribution in [1.29, 1.82) is 0 Å². The highest BCUT2D eigenvalue weighted by atomic mass is 19.4. The van der Waals surface area contributed by atoms with Gasteiger partial charge in [-0.05, 0) is 25.3 Å². The topological polar surface area (TPSA) is 102 Å². The maximum Gasteiger partial charge on any atom is 0.451 e. The average Bonchev–Trinajstić information content (AvgIpc) is 3.34. The molecule has 0 N–H and O–H groups in total. The molecule has 3 aliphatic rings. The molecule has 3 saturated heterocycles. The average molecular weight is 474 g/mol. The van der Waals surface area contributed by atoms with Gasteiger partial charge in [-0.1, -0.05) is 0 Å². The summed E-state index contributed by atoms with van der Waals surface area (Å²) in [5.41, 5.74) is 0.815. The highest BCUT2D eigenvalue weighted by Crippen LogP contribution is 2.43. The van der Waals surface area contributed by atoms with Crippen molar-refractivity contribution in [2.24, 2.45) is 5.41 Å². The molecule has 178 valence electrons. The quantitative estimate of drug-likeness (QED) is 0.570. The molecule has 1 spiro atoms. The van der Waals surface area contributed by atoms with Crippen LogP contribution >= 0.6 is 0 Å². The normalized spacial score (nSPS) is 21.0. The molecule has 0 radical (unpaired) electrons. The summed E-state index contributed by atoms with van der Waals surface area (Å²) < 4.78 is 46.2. The Balaban J connectivity index is 1.18. The molecular weight excluding hydrogens is 453 g/mol. The van der Waals surface area contributed by atoms with E-state index in [1.165, 1.54) is 11.0 Å². The van der Waals surface area contributed by atoms with E-state index in [9.17, 15) is 18.0 Å². The fourth-order valence-corrected chi connectivity index (χ4v) is 4.90. The maximum absolute atomic E-state index is 13.3. The van der Waals surface area contributed by atoms with Crippen molar-refractivity contribution in [1.82, 2.24) is 29.7 Å². The Morgan fingerprint density at radius 3 is 2.47 bits per heavy atom. The number of ether oxygens (including phenoxy) is 1. The number of carbonyl (C=O) groups is 1. The molecule has 6 rings (SSSR count). The SMILES string of the molecule is O=C1N(c2ccnc(C(F)(F)F)n2)CCC12CCN(c1cnc3cnn(C4COC4)c3n1)CC2. The Labute approximate surface area is 191 Å². The number of carbonyl (C=O) groups excluding carboxylic acids is 1. The summed E-state index contributed by atoms with van der Waals surface area (Å²) in [4.78, 5) is 32.9. The third-order valence-corrected chi connectivity index (χ3v) is 6.98. The minimum absolute atomic E-state index is 0.00353. The van der Waals surface area contributed by atoms with Crippen molar-refractivity contribution < 1.29 is 22.7 Å². The third-order valence-electron chi connectivity index (χ3n) is 6.98. The summed E-state index contributed by atoms with van der Waals surface area (Å²) in [7, 11) is 0. The lowest BCUT2D eigenvalue weighted by molar-refractivity contribution is -0.145. The number of piperidine rings is 1. The first-order valence-corrected chi connectivity index (χ1v) is 11.1. The molecule has 10 nitrogen and oxygen atoms in total. The van der Waals surface area contributed by atoms with Crippen molar-refractivity contribution in [3.8, 4) is 0 Å². The number of aromatic nitrogens is 6. The van der Waals surface area contributed by atoms with Gasteiger partial charge in [0.05, 0.1) is 31.0 Å². The Hall–Kier alpha value is -3.35. The van der Waals surface area contributed by atoms with Crippen LogP contribution in [0.5, 0.6) is 0 Å². The molecule has 3 aromatic rings. The molecule has 0 atom stereocenters. The van der Waals surface area contributed by atoms with Crippen molar-refractivity contribution in [3.05, 3.63) is 30.5 Å². The van der Waals surface area contributed by atoms with Gasteiger partial charge in [-0.2, -0.15) is 18.3 Å². The van der Waals surface area contributed by atoms with E-state index in [-0.39, 0.29) is 17.8 Å². The Morgan fingerprint density at radius 1 is 1.00 bits per heavy atom. The van der Waals surface area contributed by atoms with Crippen LogP contribution in [0.1, 0.15) is 31.1 Å². The van der Waals surface area contributed by atoms with Gasteiger partial charge < -0.3 is 9.64 Å². The molecule has 6 heterocycles. The molecule has 1 amide bonds. The van der Waals surface area contributed by atoms with E-state index in [1.807, 2.05) is 4.68 Å². The summed E-state index contributed by atoms with van der Waals surface area (Å²) in [6, 6.07) is 1.51. The monoisotopic (exact) mass is 474 g/mol. The maximum atomic E-state index is 13.3. The first-order valence-electron chi connectivity index (χ1n) is 11.1. The van der Waals surface area contributed by atoms with Gasteiger partial charge in [0, 0.05) is 25.8 Å². The molecule has 3 aromatic heterocycles. The lowest BCUT2D eigenvalue weighted by Crippen LogP contribution is -2.45. The van der Waals surface area contributed by atoms with Gasteiger partial charge in [-0.15, -0.1) is 0 Å². The highest BCUT2D eigenvalue weighted by molar-refractivity contribution is 5.99. The number of alkyl halides is 3. The second-order valence-corrected chi connectivity index (χ2v) is 8.93. The molecule has 34 heavy (non-hydrogen) atoms. The number of fused-ring (bicyclic) bond motifs is 1. The summed E-state index contributed by atoms with van der Waals surface area (Å²) in [6.45, 7) is 2.73. The van der Waals surface area contributed by atoms with E-state index in [2.05, 4.69) is 25.0 Å². The minimum atomic E-state index is -4.66. The molecule has 3 aliphatic heterocycles. The van der Waals surface area contributed by atoms with Gasteiger partial charge in [-0.3, -0.25) is 9.69 Å². The molecule has 0 bridgehead atoms. The van der Waals surface area contributed by atoms with Gasteiger partial charge in [0.15, 0.2) is 5.65 Å². The first kappa shape index (κ1) is 21.2. The second kappa shape index (κ2) is 7.58. The van der Waals surface area contributed by atoms with Gasteiger partial charge in [0.2, 0.25) is 11.7 Å². The number of amides is 1. The van der Waals surface area contributed by atoms with Crippen molar-refractivity contribution in [2.45, 2.75) is 31.5 Å². The standard InChI is InChI=1S/C21H21F3N8O2/c22-21(23,24)18-25-5-1-15(29-18)31-8-4-20(19(31)33)2-6-30(7-3-20)16-10-26-14-9-27-32(17(14)28-16)13-11-34-12-13/h1,5,9-10,13H,2-4,6-8,11-12H2. The van der Waals surface area contributed by atoms with Crippen LogP contribution in [0.25, 0.3) is 11.2 Å². The van der Waals surface area contributed by atoms with Crippen LogP contribution in [0, 0.1) is 5.41 Å². The van der Waals surface area contributed by atoms with E-state index >= 15 is 0 Å². The lowest BCUT2D eigenvalue weighted by atomic mass is 9.77. The molecule has 13 heteroatoms. The Morgan fingerprint density at radius 2 is 1.76 bits per heavy atom. The summed E-state index contributed by atoms with van der Waals surface area (Å²) in [5.74, 6) is -0.702. The van der Waals surface area contributed by atoms with Crippen LogP contribution in [0.15, 0.2) is 24.7 Å². The van der Waals surface area contributed by atoms with E-state index < -0.39 is 17.4 Å². The Bertz CT molecular complexity index is 1250. The van der Waals surface area contributed by atoms with Crippen LogP contribution in [-0.4, -0.2) is 68.5 Å². The van der Waals surface area contributed by atoms with Crippen molar-refractivity contribution in [2.75, 3.05) is 42.6 Å². The fourth-order valence-electron chi connectivity index (χ4n) is 4.90. The molecule has 0 unspecified atom stereocenters. The van der Waals surface area contributed by atoms with E-state index in [0.29, 0.717) is 63.3 Å². The van der Waals surface area contributed by atoms with Gasteiger partial charge in [-0.25, -0.2) is 24.6 Å². The van der Waals surface area contributed by atoms with E-state index in [0.717, 1.165) is 12.0 Å². The van der Waals surface area contributed by atoms with Crippen LogP contribution in [0.2, 0.25) is 0 Å². The second-order valence-electron chi connectivity index (χ2n) is 8.93. The zero-order valence-electron chi connectivity index (χ0n) is 18.1. The van der Waals surface area contributed by atoms with Gasteiger partial charge in [0.25, 0.3) is 0 Å². The number of nitrogens with zero attached hydrogens (tertiary/aromatic N) is 8. The summed E-state index contributed by atoms with van der Waals surface area (Å²) in [5, 5.41) is 4.39. The number of anilines is 2. The number of halogens is 3. The van der Waals surface area contributed by atoms with Gasteiger partial charge in [0.1, 0.15) is 23.2 Å². The smallest absolute Gasteiger partial charge is 0.377 e. The molecular formula is C21H21F3N8O2. The fraction of sp³-hybridized carbons (Fsp3) is 0.524. The third kappa shape index (κ3) is 3.37. The Kier molecular flexibility index (Phi) is 4.73. The number of hydrogen-bond acceptors (Lipinski definition) is 8. The highest BCUT2D eigenvalue weighted by Gasteiger charge is 2.49. The largest absolute Gasteiger partial charge is 0.451 e. The van der Waals surface area contributed by atoms with Crippen LogP contribution < -0.4 is 9.80 Å². The van der Waals surface area contributed by atoms with Crippen molar-refractivity contribution >= 4 is 28.7 Å². The van der Waals surface area contributed by atoms with Crippen LogP contribution in [0.3, 0.4) is 0 Å². The summed E-state index contributed by atoms with van der Waals surface area (Å²) in [6.07, 6.45) is 1.52. The first-order chi connectivity index (χ1) is 16.3. The summed E-state index contributed by atoms with van der Waals surface area (Å²) >= 11 is 0. The van der Waals surface area contributed by atoms with E-state index in [1.54, 1.807) is 12.4 Å². The number of rotatable bonds is 3. The predicted octanol–water partition coefficient (Wildman–Crippen LogP) is 2.23. The molecule has 3 fully saturated rings. The van der Waals surface area contributed by atoms with Gasteiger partial charge >= 0.3 is 6.18 Å². The van der Waals surface area contributed by atoms with Crippen LogP contribution in [-0.2, 0) is 15.7 Å². The zero-order valence-corrected chi connectivity index (χ0v) is 18.1. The van der Waals surface area contributed by atoms with Crippen LogP contribution in [0.4, 0.5) is 24.8 Å². The number of hydrogen-bond donors (Lipinski definition) is 0. The molecule has 0 aromatic carbocycles. The zero-order chi connectivity index (χ0) is 23.5. The predicted molar refractivity (Wildman–Crippen MR) is 113 cm³/mol. The lowest BCUT2D eigenvalue weighted by Gasteiger charge is -2.38. The molecule has 0 aliphatic carbocycles. The minimum Gasteiger partial charge on any atom is -0.377 e. The van der Waals surface area contributed by atoms with Crippen molar-refractivity contribution in [3.63, 3.8) is 0 Å². The molecule has 0 saturated carbocycles.